The molecule has 4 nitrogen and oxygen atoms in total. The topological polar surface area (TPSA) is 47.6 Å². The Morgan fingerprint density at radius 2 is 1.75 bits per heavy atom. The Morgan fingerprint density at radius 3 is 2.46 bits per heavy atom. The van der Waals surface area contributed by atoms with Crippen LogP contribution in [0.3, 0.4) is 0 Å². The second kappa shape index (κ2) is 6.19. The maximum absolute atomic E-state index is 12.8. The van der Waals surface area contributed by atoms with Crippen molar-refractivity contribution in [1.82, 2.24) is 5.32 Å². The van der Waals surface area contributed by atoms with Crippen molar-refractivity contribution < 1.29 is 14.3 Å². The molecule has 1 saturated carbocycles. The lowest BCUT2D eigenvalue weighted by Gasteiger charge is -2.41. The van der Waals surface area contributed by atoms with E-state index < -0.39 is 0 Å². The van der Waals surface area contributed by atoms with E-state index in [0.29, 0.717) is 13.2 Å². The highest BCUT2D eigenvalue weighted by Crippen LogP contribution is 2.43. The first kappa shape index (κ1) is 15.1. The zero-order valence-electron chi connectivity index (χ0n) is 13.5. The van der Waals surface area contributed by atoms with Gasteiger partial charge in [0, 0.05) is 0 Å². The van der Waals surface area contributed by atoms with Crippen LogP contribution in [0.4, 0.5) is 0 Å². The average Bonchev–Trinajstić information content (AvgIpc) is 2.60. The van der Waals surface area contributed by atoms with Gasteiger partial charge in [-0.15, -0.1) is 0 Å². The fourth-order valence-electron chi connectivity index (χ4n) is 3.47. The number of benzene rings is 2. The highest BCUT2D eigenvalue weighted by molar-refractivity contribution is 5.89. The minimum atomic E-state index is -0.366. The van der Waals surface area contributed by atoms with Crippen LogP contribution in [0, 0.1) is 0 Å². The zero-order valence-corrected chi connectivity index (χ0v) is 13.5. The summed E-state index contributed by atoms with van der Waals surface area (Å²) in [4.78, 5) is 12.8. The maximum atomic E-state index is 12.8. The number of nitrogens with one attached hydrogen (secondary N) is 1. The molecule has 2 aromatic rings. The molecule has 0 radical (unpaired) electrons. The van der Waals surface area contributed by atoms with Gasteiger partial charge in [-0.2, -0.15) is 0 Å². The van der Waals surface area contributed by atoms with Crippen LogP contribution in [0.25, 0.3) is 0 Å². The van der Waals surface area contributed by atoms with Gasteiger partial charge in [-0.1, -0.05) is 48.9 Å². The Labute approximate surface area is 141 Å². The van der Waals surface area contributed by atoms with E-state index in [9.17, 15) is 4.79 Å². The second-order valence-corrected chi connectivity index (χ2v) is 6.51. The molecule has 24 heavy (non-hydrogen) atoms. The van der Waals surface area contributed by atoms with Crippen molar-refractivity contribution in [2.24, 2.45) is 0 Å². The average molecular weight is 323 g/mol. The first-order valence-electron chi connectivity index (χ1n) is 8.50. The van der Waals surface area contributed by atoms with E-state index in [1.54, 1.807) is 0 Å². The molecular formula is C20H21NO3. The van der Waals surface area contributed by atoms with E-state index in [1.807, 2.05) is 42.5 Å². The predicted molar refractivity (Wildman–Crippen MR) is 91.3 cm³/mol. The van der Waals surface area contributed by atoms with Crippen LogP contribution in [0.5, 0.6) is 11.5 Å². The first-order valence-corrected chi connectivity index (χ1v) is 8.50. The lowest BCUT2D eigenvalue weighted by atomic mass is 9.64. The molecule has 4 heteroatoms. The molecule has 1 unspecified atom stereocenters. The van der Waals surface area contributed by atoms with E-state index in [2.05, 4.69) is 17.4 Å². The summed E-state index contributed by atoms with van der Waals surface area (Å²) in [5, 5.41) is 3.08. The third-order valence-electron chi connectivity index (χ3n) is 5.03. The van der Waals surface area contributed by atoms with Crippen LogP contribution < -0.4 is 14.8 Å². The molecule has 1 amide bonds. The van der Waals surface area contributed by atoms with Crippen molar-refractivity contribution in [2.45, 2.75) is 30.8 Å². The monoisotopic (exact) mass is 323 g/mol. The second-order valence-electron chi connectivity index (χ2n) is 6.51. The van der Waals surface area contributed by atoms with Gasteiger partial charge in [0.2, 0.25) is 5.91 Å². The molecular weight excluding hydrogens is 302 g/mol. The lowest BCUT2D eigenvalue weighted by molar-refractivity contribution is -0.130. The highest BCUT2D eigenvalue weighted by Gasteiger charge is 2.45. The Morgan fingerprint density at radius 1 is 1.04 bits per heavy atom. The van der Waals surface area contributed by atoms with Gasteiger partial charge in [0.15, 0.2) is 11.5 Å². The lowest BCUT2D eigenvalue weighted by Crippen LogP contribution is -2.52. The van der Waals surface area contributed by atoms with Crippen molar-refractivity contribution in [2.75, 3.05) is 13.2 Å². The van der Waals surface area contributed by atoms with Gasteiger partial charge in [0.25, 0.3) is 0 Å². The fraction of sp³-hybridized carbons (Fsp3) is 0.350. The third-order valence-corrected chi connectivity index (χ3v) is 5.03. The highest BCUT2D eigenvalue weighted by atomic mass is 16.6. The summed E-state index contributed by atoms with van der Waals surface area (Å²) >= 11 is 0. The minimum Gasteiger partial charge on any atom is -0.486 e. The number of carbonyl (C=O) groups is 1. The summed E-state index contributed by atoms with van der Waals surface area (Å²) in [6.07, 6.45) is 2.76. The Hall–Kier alpha value is -2.49. The van der Waals surface area contributed by atoms with E-state index in [0.717, 1.165) is 36.3 Å². The first-order chi connectivity index (χ1) is 11.8. The Balaban J connectivity index is 1.40. The van der Waals surface area contributed by atoms with E-state index in [4.69, 9.17) is 9.47 Å². The van der Waals surface area contributed by atoms with Crippen LogP contribution in [0.1, 0.15) is 24.8 Å². The molecule has 0 aromatic heterocycles. The van der Waals surface area contributed by atoms with Gasteiger partial charge >= 0.3 is 0 Å². The third kappa shape index (κ3) is 2.62. The Kier molecular flexibility index (Phi) is 3.89. The molecule has 1 N–H and O–H groups in total. The number of ether oxygens (including phenoxy) is 2. The van der Waals surface area contributed by atoms with Gasteiger partial charge in [0.1, 0.15) is 12.7 Å². The molecule has 124 valence electrons. The standard InChI is InChI=1S/C20H21NO3/c22-19(20(11-6-12-20)15-7-2-1-3-8-15)21-13-16-14-23-17-9-4-5-10-18(17)24-16/h1-5,7-10,16H,6,11-14H2,(H,21,22). The number of carbonyl (C=O) groups excluding carboxylic acids is 1. The molecule has 1 aliphatic carbocycles. The molecule has 1 heterocycles. The van der Waals surface area contributed by atoms with E-state index in [-0.39, 0.29) is 17.4 Å². The fourth-order valence-corrected chi connectivity index (χ4v) is 3.47. The molecule has 0 spiro atoms. The minimum absolute atomic E-state index is 0.0995. The summed E-state index contributed by atoms with van der Waals surface area (Å²) in [5.74, 6) is 1.60. The largest absolute Gasteiger partial charge is 0.486 e. The smallest absolute Gasteiger partial charge is 0.230 e. The zero-order chi connectivity index (χ0) is 16.4. The number of para-hydroxylation sites is 2. The van der Waals surface area contributed by atoms with Gasteiger partial charge in [-0.3, -0.25) is 4.79 Å². The van der Waals surface area contributed by atoms with Gasteiger partial charge in [-0.05, 0) is 30.5 Å². The molecule has 1 fully saturated rings. The van der Waals surface area contributed by atoms with Crippen LogP contribution >= 0.6 is 0 Å². The van der Waals surface area contributed by atoms with Gasteiger partial charge in [-0.25, -0.2) is 0 Å². The van der Waals surface area contributed by atoms with Gasteiger partial charge in [0.05, 0.1) is 12.0 Å². The Bertz CT molecular complexity index is 725. The van der Waals surface area contributed by atoms with Crippen molar-refractivity contribution in [3.05, 3.63) is 60.2 Å². The SMILES string of the molecule is O=C(NCC1COc2ccccc2O1)C1(c2ccccc2)CCC1. The maximum Gasteiger partial charge on any atom is 0.230 e. The molecule has 1 atom stereocenters. The summed E-state index contributed by atoms with van der Waals surface area (Å²) in [6, 6.07) is 17.7. The normalized spacial score (nSPS) is 20.8. The van der Waals surface area contributed by atoms with Crippen LogP contribution in [0.15, 0.2) is 54.6 Å². The van der Waals surface area contributed by atoms with Crippen molar-refractivity contribution in [3.8, 4) is 11.5 Å². The summed E-state index contributed by atoms with van der Waals surface area (Å²) in [7, 11) is 0. The number of hydrogen-bond acceptors (Lipinski definition) is 3. The van der Waals surface area contributed by atoms with Crippen LogP contribution in [-0.2, 0) is 10.2 Å². The van der Waals surface area contributed by atoms with Gasteiger partial charge < -0.3 is 14.8 Å². The summed E-state index contributed by atoms with van der Waals surface area (Å²) < 4.78 is 11.6. The summed E-state index contributed by atoms with van der Waals surface area (Å²) in [5.41, 5.74) is 0.745. The number of rotatable bonds is 4. The van der Waals surface area contributed by atoms with Crippen LogP contribution in [0.2, 0.25) is 0 Å². The number of hydrogen-bond donors (Lipinski definition) is 1. The molecule has 0 saturated heterocycles. The van der Waals surface area contributed by atoms with Crippen molar-refractivity contribution in [1.29, 1.82) is 0 Å². The quantitative estimate of drug-likeness (QED) is 0.941. The summed E-state index contributed by atoms with van der Waals surface area (Å²) in [6.45, 7) is 0.914. The molecule has 1 aliphatic heterocycles. The predicted octanol–water partition coefficient (Wildman–Crippen LogP) is 3.06. The van der Waals surface area contributed by atoms with Crippen molar-refractivity contribution in [3.63, 3.8) is 0 Å². The van der Waals surface area contributed by atoms with Crippen molar-refractivity contribution >= 4 is 5.91 Å². The molecule has 2 aromatic carbocycles. The molecule has 0 bridgehead atoms. The van der Waals surface area contributed by atoms with E-state index >= 15 is 0 Å². The molecule has 4 rings (SSSR count). The van der Waals surface area contributed by atoms with E-state index in [1.165, 1.54) is 0 Å². The number of amides is 1. The van der Waals surface area contributed by atoms with Crippen LogP contribution in [-0.4, -0.2) is 25.2 Å². The number of fused-ring (bicyclic) bond motifs is 1. The molecule has 2 aliphatic rings.